The normalized spacial score (nSPS) is 14.0. The van der Waals surface area contributed by atoms with E-state index in [2.05, 4.69) is 0 Å². The topological polar surface area (TPSA) is 66.9 Å². The fourth-order valence-electron chi connectivity index (χ4n) is 4.46. The summed E-state index contributed by atoms with van der Waals surface area (Å²) in [6.45, 7) is 0.934. The number of esters is 1. The first kappa shape index (κ1) is 22.2. The Hall–Kier alpha value is -3.58. The van der Waals surface area contributed by atoms with Crippen molar-refractivity contribution in [2.24, 2.45) is 0 Å². The molecule has 0 saturated heterocycles. The number of carbonyl (C=O) groups excluding carboxylic acids is 3. The van der Waals surface area contributed by atoms with Crippen molar-refractivity contribution in [3.8, 4) is 0 Å². The maximum absolute atomic E-state index is 12.9. The van der Waals surface area contributed by atoms with Crippen LogP contribution in [0.1, 0.15) is 21.5 Å². The molecule has 0 bridgehead atoms. The van der Waals surface area contributed by atoms with Gasteiger partial charge in [-0.05, 0) is 48.2 Å². The number of benzene rings is 3. The molecule has 0 unspecified atom stereocenters. The van der Waals surface area contributed by atoms with Crippen LogP contribution in [0.15, 0.2) is 77.7 Å². The van der Waals surface area contributed by atoms with Crippen molar-refractivity contribution in [3.63, 3.8) is 0 Å². The molecule has 3 aromatic carbocycles. The van der Waals surface area contributed by atoms with Gasteiger partial charge in [0, 0.05) is 29.4 Å². The lowest BCUT2D eigenvalue weighted by atomic mass is 10.2. The molecule has 7 heteroatoms. The highest BCUT2D eigenvalue weighted by Crippen LogP contribution is 2.30. The van der Waals surface area contributed by atoms with Crippen LogP contribution in [0.2, 0.25) is 0 Å². The number of nitrogens with zero attached hydrogens (tertiary/aromatic N) is 2. The Kier molecular flexibility index (Phi) is 6.36. The molecule has 0 aliphatic carbocycles. The van der Waals surface area contributed by atoms with Gasteiger partial charge in [-0.2, -0.15) is 0 Å². The third kappa shape index (κ3) is 4.43. The maximum atomic E-state index is 12.9. The van der Waals surface area contributed by atoms with E-state index >= 15 is 0 Å². The lowest BCUT2D eigenvalue weighted by molar-refractivity contribution is -0.121. The summed E-state index contributed by atoms with van der Waals surface area (Å²) >= 11 is 1.31. The molecule has 0 radical (unpaired) electrons. The predicted octanol–water partition coefficient (Wildman–Crippen LogP) is 4.11. The van der Waals surface area contributed by atoms with Gasteiger partial charge in [-0.15, -0.1) is 11.8 Å². The molecule has 5 rings (SSSR count). The predicted molar refractivity (Wildman–Crippen MR) is 132 cm³/mol. The highest BCUT2D eigenvalue weighted by atomic mass is 32.2. The van der Waals surface area contributed by atoms with Gasteiger partial charge in [0.2, 0.25) is 5.91 Å². The van der Waals surface area contributed by atoms with Crippen LogP contribution in [0.5, 0.6) is 0 Å². The van der Waals surface area contributed by atoms with Gasteiger partial charge in [-0.1, -0.05) is 48.5 Å². The van der Waals surface area contributed by atoms with Crippen molar-refractivity contribution in [3.05, 3.63) is 89.5 Å². The first-order valence-corrected chi connectivity index (χ1v) is 12.3. The smallest absolute Gasteiger partial charge is 0.339 e. The van der Waals surface area contributed by atoms with Crippen LogP contribution < -0.4 is 9.80 Å². The van der Waals surface area contributed by atoms with Gasteiger partial charge in [0.15, 0.2) is 6.61 Å². The number of para-hydroxylation sites is 2. The van der Waals surface area contributed by atoms with E-state index in [1.165, 1.54) is 17.3 Å². The first-order valence-electron chi connectivity index (χ1n) is 11.3. The second kappa shape index (κ2) is 9.73. The largest absolute Gasteiger partial charge is 0.452 e. The van der Waals surface area contributed by atoms with E-state index in [0.717, 1.165) is 29.8 Å². The molecule has 2 aliphatic rings. The number of hydrogen-bond donors (Lipinski definition) is 0. The number of rotatable bonds is 6. The molecule has 0 aromatic heterocycles. The molecule has 6 nitrogen and oxygen atoms in total. The average molecular weight is 473 g/mol. The van der Waals surface area contributed by atoms with Crippen LogP contribution in [0.25, 0.3) is 0 Å². The van der Waals surface area contributed by atoms with Crippen LogP contribution in [0.3, 0.4) is 0 Å². The molecular weight excluding hydrogens is 448 g/mol. The van der Waals surface area contributed by atoms with Crippen LogP contribution >= 0.6 is 11.8 Å². The number of fused-ring (bicyclic) bond motifs is 2. The van der Waals surface area contributed by atoms with Gasteiger partial charge >= 0.3 is 5.97 Å². The quantitative estimate of drug-likeness (QED) is 0.399. The van der Waals surface area contributed by atoms with Crippen molar-refractivity contribution >= 4 is 40.9 Å². The van der Waals surface area contributed by atoms with Crippen LogP contribution in [0, 0.1) is 0 Å². The van der Waals surface area contributed by atoms with Crippen LogP contribution in [0.4, 0.5) is 11.4 Å². The summed E-state index contributed by atoms with van der Waals surface area (Å²) in [5.74, 6) is -0.600. The average Bonchev–Trinajstić information content (AvgIpc) is 3.50. The number of carbonyl (C=O) groups is 3. The number of amides is 2. The summed E-state index contributed by atoms with van der Waals surface area (Å²) in [5.41, 5.74) is 4.49. The molecule has 0 N–H and O–H groups in total. The summed E-state index contributed by atoms with van der Waals surface area (Å²) < 4.78 is 5.37. The lowest BCUT2D eigenvalue weighted by Gasteiger charge is -2.18. The van der Waals surface area contributed by atoms with E-state index in [4.69, 9.17) is 4.74 Å². The second-order valence-electron chi connectivity index (χ2n) is 8.21. The Morgan fingerprint density at radius 3 is 1.97 bits per heavy atom. The van der Waals surface area contributed by atoms with Crippen molar-refractivity contribution in [2.75, 3.05) is 35.2 Å². The molecule has 0 saturated carbocycles. The minimum absolute atomic E-state index is 0.000923. The van der Waals surface area contributed by atoms with Gasteiger partial charge in [-0.3, -0.25) is 9.59 Å². The van der Waals surface area contributed by atoms with Crippen molar-refractivity contribution in [1.29, 1.82) is 0 Å². The minimum Gasteiger partial charge on any atom is -0.452 e. The summed E-state index contributed by atoms with van der Waals surface area (Å²) in [6, 6.07) is 22.7. The van der Waals surface area contributed by atoms with E-state index < -0.39 is 5.97 Å². The molecule has 0 spiro atoms. The van der Waals surface area contributed by atoms with E-state index in [0.29, 0.717) is 23.5 Å². The van der Waals surface area contributed by atoms with Gasteiger partial charge in [-0.25, -0.2) is 4.79 Å². The molecule has 0 atom stereocenters. The molecule has 3 aromatic rings. The fourth-order valence-corrected chi connectivity index (χ4v) is 5.37. The molecule has 34 heavy (non-hydrogen) atoms. The lowest BCUT2D eigenvalue weighted by Crippen LogP contribution is -2.33. The second-order valence-corrected chi connectivity index (χ2v) is 9.23. The SMILES string of the molecule is O=C(OCC(=O)N1CCc2ccccc21)c1ccccc1SCC(=O)N1CCc2ccccc21. The monoisotopic (exact) mass is 472 g/mol. The van der Waals surface area contributed by atoms with E-state index in [1.807, 2.05) is 54.6 Å². The Morgan fingerprint density at radius 2 is 1.29 bits per heavy atom. The molecule has 2 aliphatic heterocycles. The summed E-state index contributed by atoms with van der Waals surface area (Å²) in [4.78, 5) is 42.5. The highest BCUT2D eigenvalue weighted by molar-refractivity contribution is 8.00. The molecule has 2 heterocycles. The molecule has 2 amide bonds. The number of ether oxygens (including phenoxy) is 1. The van der Waals surface area contributed by atoms with Gasteiger partial charge in [0.25, 0.3) is 5.91 Å². The van der Waals surface area contributed by atoms with Gasteiger partial charge in [0.05, 0.1) is 11.3 Å². The third-order valence-corrected chi connectivity index (χ3v) is 7.22. The standard InChI is InChI=1S/C27H24N2O4S/c30-25(28-15-13-19-7-1-4-10-22(19)28)17-33-27(32)21-9-3-6-12-24(21)34-18-26(31)29-16-14-20-8-2-5-11-23(20)29/h1-12H,13-18H2. The highest BCUT2D eigenvalue weighted by Gasteiger charge is 2.26. The first-order chi connectivity index (χ1) is 16.6. The summed E-state index contributed by atoms with van der Waals surface area (Å²) in [7, 11) is 0. The zero-order valence-corrected chi connectivity index (χ0v) is 19.4. The maximum Gasteiger partial charge on any atom is 0.339 e. The summed E-state index contributed by atoms with van der Waals surface area (Å²) in [6.07, 6.45) is 1.65. The Bertz CT molecular complexity index is 1260. The van der Waals surface area contributed by atoms with Crippen LogP contribution in [-0.4, -0.2) is 43.2 Å². The van der Waals surface area contributed by atoms with E-state index in [-0.39, 0.29) is 24.2 Å². The Labute approximate surface area is 202 Å². The van der Waals surface area contributed by atoms with E-state index in [1.54, 1.807) is 28.0 Å². The number of hydrogen-bond acceptors (Lipinski definition) is 5. The van der Waals surface area contributed by atoms with E-state index in [9.17, 15) is 14.4 Å². The Balaban J connectivity index is 1.20. The summed E-state index contributed by atoms with van der Waals surface area (Å²) in [5, 5.41) is 0. The van der Waals surface area contributed by atoms with Gasteiger partial charge < -0.3 is 14.5 Å². The third-order valence-electron chi connectivity index (χ3n) is 6.16. The van der Waals surface area contributed by atoms with Crippen molar-refractivity contribution in [2.45, 2.75) is 17.7 Å². The zero-order valence-electron chi connectivity index (χ0n) is 18.6. The Morgan fingerprint density at radius 1 is 0.735 bits per heavy atom. The van der Waals surface area contributed by atoms with Crippen molar-refractivity contribution in [1.82, 2.24) is 0 Å². The van der Waals surface area contributed by atoms with Gasteiger partial charge in [0.1, 0.15) is 0 Å². The molecule has 172 valence electrons. The number of thioether (sulfide) groups is 1. The fraction of sp³-hybridized carbons (Fsp3) is 0.222. The van der Waals surface area contributed by atoms with Crippen molar-refractivity contribution < 1.29 is 19.1 Å². The minimum atomic E-state index is -0.567. The zero-order chi connectivity index (χ0) is 23.5. The number of anilines is 2. The van der Waals surface area contributed by atoms with Crippen LogP contribution in [-0.2, 0) is 27.2 Å². The molecule has 0 fully saturated rings. The molecular formula is C27H24N2O4S.